The molecule has 0 saturated carbocycles. The largest absolute Gasteiger partial charge is 0.497 e. The van der Waals surface area contributed by atoms with Crippen molar-refractivity contribution < 1.29 is 28.6 Å². The highest BCUT2D eigenvalue weighted by Gasteiger charge is 2.71. The van der Waals surface area contributed by atoms with Gasteiger partial charge in [0.15, 0.2) is 28.8 Å². The van der Waals surface area contributed by atoms with Crippen LogP contribution < -0.4 is 19.1 Å². The molecule has 44 heavy (non-hydrogen) atoms. The monoisotopic (exact) mass is 585 g/mol. The minimum Gasteiger partial charge on any atom is -0.497 e. The Hall–Kier alpha value is -5.17. The summed E-state index contributed by atoms with van der Waals surface area (Å²) in [6.07, 6.45) is 3.90. The van der Waals surface area contributed by atoms with Crippen molar-refractivity contribution in [3.8, 4) is 17.2 Å². The highest BCUT2D eigenvalue weighted by molar-refractivity contribution is 6.32. The zero-order valence-electron chi connectivity index (χ0n) is 24.9. The van der Waals surface area contributed by atoms with Gasteiger partial charge < -0.3 is 19.1 Å². The first-order chi connectivity index (χ1) is 21.3. The number of ketones is 3. The van der Waals surface area contributed by atoms with Crippen molar-refractivity contribution in [1.82, 2.24) is 0 Å². The van der Waals surface area contributed by atoms with Crippen LogP contribution in [0.5, 0.6) is 17.2 Å². The van der Waals surface area contributed by atoms with E-state index in [-0.39, 0.29) is 17.3 Å². The van der Waals surface area contributed by atoms with Gasteiger partial charge in [-0.05, 0) is 54.4 Å². The van der Waals surface area contributed by atoms with E-state index in [1.165, 1.54) is 7.11 Å². The van der Waals surface area contributed by atoms with Gasteiger partial charge in [0.2, 0.25) is 0 Å². The molecule has 7 rings (SSSR count). The second-order valence-corrected chi connectivity index (χ2v) is 11.5. The molecule has 0 unspecified atom stereocenters. The minimum atomic E-state index is -1.61. The number of methoxy groups -OCH3 is 3. The van der Waals surface area contributed by atoms with Gasteiger partial charge in [-0.1, -0.05) is 66.2 Å². The smallest absolute Gasteiger partial charge is 0.186 e. The van der Waals surface area contributed by atoms with Crippen molar-refractivity contribution >= 4 is 29.1 Å². The van der Waals surface area contributed by atoms with Crippen molar-refractivity contribution in [2.75, 3.05) is 26.2 Å². The van der Waals surface area contributed by atoms with Gasteiger partial charge in [-0.2, -0.15) is 0 Å². The maximum Gasteiger partial charge on any atom is 0.186 e. The second-order valence-electron chi connectivity index (χ2n) is 11.5. The average Bonchev–Trinajstić information content (AvgIpc) is 3.49. The van der Waals surface area contributed by atoms with Crippen molar-refractivity contribution in [3.05, 3.63) is 124 Å². The van der Waals surface area contributed by atoms with Gasteiger partial charge in [0.05, 0.1) is 27.4 Å². The molecule has 0 radical (unpaired) electrons. The molecule has 4 aromatic rings. The number of ether oxygens (including phenoxy) is 3. The average molecular weight is 586 g/mol. The predicted octanol–water partition coefficient (Wildman–Crippen LogP) is 6.34. The Morgan fingerprint density at radius 2 is 1.50 bits per heavy atom. The number of carbonyl (C=O) groups is 3. The van der Waals surface area contributed by atoms with Crippen LogP contribution in [0, 0.1) is 12.3 Å². The number of fused-ring (bicyclic) bond motifs is 5. The lowest BCUT2D eigenvalue weighted by Gasteiger charge is -2.37. The van der Waals surface area contributed by atoms with Gasteiger partial charge in [0, 0.05) is 28.3 Å². The molecule has 0 bridgehead atoms. The number of rotatable bonds is 6. The van der Waals surface area contributed by atoms with Gasteiger partial charge >= 0.3 is 0 Å². The fourth-order valence-electron chi connectivity index (χ4n) is 7.46. The van der Waals surface area contributed by atoms with Crippen LogP contribution in [0.3, 0.4) is 0 Å². The Bertz CT molecular complexity index is 1860. The summed E-state index contributed by atoms with van der Waals surface area (Å²) in [5.41, 5.74) is 2.98. The third-order valence-electron chi connectivity index (χ3n) is 9.35. The van der Waals surface area contributed by atoms with E-state index in [0.717, 1.165) is 16.8 Å². The van der Waals surface area contributed by atoms with Crippen LogP contribution >= 0.6 is 0 Å². The number of aryl methyl sites for hydroxylation is 1. The number of hydrogen-bond donors (Lipinski definition) is 0. The van der Waals surface area contributed by atoms with E-state index < -0.39 is 23.4 Å². The Balaban J connectivity index is 1.55. The predicted molar refractivity (Wildman–Crippen MR) is 167 cm³/mol. The molecule has 1 fully saturated rings. The Labute approximate surface area is 255 Å². The summed E-state index contributed by atoms with van der Waals surface area (Å²) in [5.74, 6) is -0.163. The first-order valence-corrected chi connectivity index (χ1v) is 14.5. The van der Waals surface area contributed by atoms with Gasteiger partial charge in [-0.3, -0.25) is 14.4 Å². The first kappa shape index (κ1) is 27.7. The molecule has 0 N–H and O–H groups in total. The van der Waals surface area contributed by atoms with Crippen LogP contribution in [0.2, 0.25) is 0 Å². The van der Waals surface area contributed by atoms with E-state index in [2.05, 4.69) is 6.07 Å². The van der Waals surface area contributed by atoms with Gasteiger partial charge in [-0.15, -0.1) is 0 Å². The fourth-order valence-corrected chi connectivity index (χ4v) is 7.46. The van der Waals surface area contributed by atoms with Crippen molar-refractivity contribution in [2.24, 2.45) is 5.41 Å². The number of carbonyl (C=O) groups excluding carboxylic acids is 3. The summed E-state index contributed by atoms with van der Waals surface area (Å²) in [5, 5.41) is 0. The zero-order chi connectivity index (χ0) is 30.7. The number of anilines is 1. The first-order valence-electron chi connectivity index (χ1n) is 14.5. The maximum absolute atomic E-state index is 14.9. The molecule has 3 atom stereocenters. The molecule has 1 aliphatic carbocycles. The number of nitrogens with zero attached hydrogens (tertiary/aromatic N) is 1. The van der Waals surface area contributed by atoms with E-state index in [4.69, 9.17) is 14.2 Å². The van der Waals surface area contributed by atoms with Crippen LogP contribution in [0.15, 0.2) is 91.0 Å². The molecule has 1 saturated heterocycles. The Morgan fingerprint density at radius 3 is 2.18 bits per heavy atom. The zero-order valence-corrected chi connectivity index (χ0v) is 24.9. The summed E-state index contributed by atoms with van der Waals surface area (Å²) in [4.78, 5) is 46.6. The van der Waals surface area contributed by atoms with Crippen LogP contribution in [0.4, 0.5) is 5.69 Å². The van der Waals surface area contributed by atoms with E-state index in [1.54, 1.807) is 74.9 Å². The van der Waals surface area contributed by atoms with E-state index in [1.807, 2.05) is 42.2 Å². The summed E-state index contributed by atoms with van der Waals surface area (Å²) in [6, 6.07) is 23.7. The third-order valence-corrected chi connectivity index (χ3v) is 9.35. The molecule has 0 amide bonds. The molecule has 2 heterocycles. The van der Waals surface area contributed by atoms with Crippen molar-refractivity contribution in [2.45, 2.75) is 24.9 Å². The van der Waals surface area contributed by atoms with E-state index >= 15 is 0 Å². The van der Waals surface area contributed by atoms with Gasteiger partial charge in [0.25, 0.3) is 0 Å². The van der Waals surface area contributed by atoms with Crippen molar-refractivity contribution in [1.29, 1.82) is 0 Å². The van der Waals surface area contributed by atoms with Gasteiger partial charge in [0.1, 0.15) is 17.2 Å². The minimum absolute atomic E-state index is 0.219. The highest BCUT2D eigenvalue weighted by Crippen LogP contribution is 2.61. The van der Waals surface area contributed by atoms with Crippen LogP contribution in [0.1, 0.15) is 53.7 Å². The maximum atomic E-state index is 14.9. The van der Waals surface area contributed by atoms with Crippen LogP contribution in [-0.2, 0) is 0 Å². The second kappa shape index (κ2) is 10.2. The lowest BCUT2D eigenvalue weighted by molar-refractivity contribution is 0.0665. The van der Waals surface area contributed by atoms with Crippen LogP contribution in [0.25, 0.3) is 6.08 Å². The number of hydrogen-bond acceptors (Lipinski definition) is 7. The molecule has 220 valence electrons. The lowest BCUT2D eigenvalue weighted by Crippen LogP contribution is -2.48. The molecular weight excluding hydrogens is 554 g/mol. The number of Topliss-reactive ketones (excluding diaryl/α,β-unsaturated/α-hetero) is 3. The summed E-state index contributed by atoms with van der Waals surface area (Å²) >= 11 is 0. The van der Waals surface area contributed by atoms with Crippen molar-refractivity contribution in [3.63, 3.8) is 0 Å². The standard InChI is InChI=1S/C37H31NO6/c1-21-12-15-28-22(18-21)14-17-31-37(35(40)26-10-5-6-11-27(26)36(37)41)32(23-13-16-29(43-3)30(20-23)44-4)33(38(28)31)34(39)24-8-7-9-25(19-24)42-2/h5-20,31-33H,1-4H3/t31-,32+,33-/m1/s1. The molecule has 7 heteroatoms. The molecule has 7 nitrogen and oxygen atoms in total. The third kappa shape index (κ3) is 3.71. The molecule has 4 aromatic carbocycles. The number of benzene rings is 4. The highest BCUT2D eigenvalue weighted by atomic mass is 16.5. The summed E-state index contributed by atoms with van der Waals surface area (Å²) < 4.78 is 16.7. The van der Waals surface area contributed by atoms with E-state index in [0.29, 0.717) is 39.5 Å². The van der Waals surface area contributed by atoms with E-state index in [9.17, 15) is 14.4 Å². The topological polar surface area (TPSA) is 82.1 Å². The molecule has 0 aromatic heterocycles. The molecule has 3 aliphatic rings. The fraction of sp³-hybridized carbons (Fsp3) is 0.216. The quantitative estimate of drug-likeness (QED) is 0.193. The SMILES string of the molecule is COc1cccc(C(=O)[C@H]2[C@H](c3ccc(OC)c(OC)c3)C3(C(=O)c4ccccc4C3=O)[C@H]3C=Cc4cc(C)ccc4N23)c1. The Kier molecular flexibility index (Phi) is 6.43. The summed E-state index contributed by atoms with van der Waals surface area (Å²) in [6.45, 7) is 2.01. The summed E-state index contributed by atoms with van der Waals surface area (Å²) in [7, 11) is 4.64. The molecule has 2 aliphatic heterocycles. The Morgan fingerprint density at radius 1 is 0.773 bits per heavy atom. The van der Waals surface area contributed by atoms with Gasteiger partial charge in [-0.25, -0.2) is 0 Å². The molecular formula is C37H31NO6. The lowest BCUT2D eigenvalue weighted by atomic mass is 9.64. The van der Waals surface area contributed by atoms with Crippen LogP contribution in [-0.4, -0.2) is 50.8 Å². The normalized spacial score (nSPS) is 20.7. The molecule has 1 spiro atoms.